The van der Waals surface area contributed by atoms with Gasteiger partial charge in [0.25, 0.3) is 0 Å². The second-order valence-corrected chi connectivity index (χ2v) is 5.46. The third-order valence-electron chi connectivity index (χ3n) is 3.16. The van der Waals surface area contributed by atoms with Gasteiger partial charge in [0.05, 0.1) is 5.02 Å². The van der Waals surface area contributed by atoms with Gasteiger partial charge in [-0.05, 0) is 49.7 Å². The SMILES string of the molecule is CCN(c1cccc(C)c1)c1ccc(C(N)=S)c(Cl)c1. The minimum atomic E-state index is 0.320. The van der Waals surface area contributed by atoms with Crippen molar-refractivity contribution in [2.24, 2.45) is 5.73 Å². The van der Waals surface area contributed by atoms with Crippen molar-refractivity contribution in [3.05, 3.63) is 58.6 Å². The van der Waals surface area contributed by atoms with E-state index in [1.807, 2.05) is 18.2 Å². The minimum absolute atomic E-state index is 0.320. The van der Waals surface area contributed by atoms with E-state index in [0.717, 1.165) is 17.9 Å². The van der Waals surface area contributed by atoms with Crippen LogP contribution < -0.4 is 10.6 Å². The van der Waals surface area contributed by atoms with Crippen LogP contribution in [-0.2, 0) is 0 Å². The van der Waals surface area contributed by atoms with E-state index in [4.69, 9.17) is 29.6 Å². The molecule has 20 heavy (non-hydrogen) atoms. The van der Waals surface area contributed by atoms with Gasteiger partial charge in [-0.25, -0.2) is 0 Å². The lowest BCUT2D eigenvalue weighted by Gasteiger charge is -2.24. The monoisotopic (exact) mass is 304 g/mol. The molecular formula is C16H17ClN2S. The zero-order chi connectivity index (χ0) is 14.7. The van der Waals surface area contributed by atoms with E-state index in [2.05, 4.69) is 43.0 Å². The predicted molar refractivity (Wildman–Crippen MR) is 91.2 cm³/mol. The number of hydrogen-bond acceptors (Lipinski definition) is 2. The molecule has 104 valence electrons. The summed E-state index contributed by atoms with van der Waals surface area (Å²) in [6, 6.07) is 14.1. The maximum atomic E-state index is 6.25. The molecule has 0 aliphatic rings. The third-order valence-corrected chi connectivity index (χ3v) is 3.69. The number of hydrogen-bond donors (Lipinski definition) is 1. The molecule has 0 spiro atoms. The van der Waals surface area contributed by atoms with Gasteiger partial charge in [-0.15, -0.1) is 0 Å². The fourth-order valence-electron chi connectivity index (χ4n) is 2.18. The second-order valence-electron chi connectivity index (χ2n) is 4.61. The van der Waals surface area contributed by atoms with Crippen molar-refractivity contribution in [3.63, 3.8) is 0 Å². The van der Waals surface area contributed by atoms with Crippen LogP contribution in [0.2, 0.25) is 5.02 Å². The van der Waals surface area contributed by atoms with Crippen molar-refractivity contribution < 1.29 is 0 Å². The predicted octanol–water partition coefficient (Wildman–Crippen LogP) is 4.44. The van der Waals surface area contributed by atoms with E-state index in [1.165, 1.54) is 5.56 Å². The summed E-state index contributed by atoms with van der Waals surface area (Å²) in [6.45, 7) is 5.05. The van der Waals surface area contributed by atoms with Crippen molar-refractivity contribution in [1.82, 2.24) is 0 Å². The van der Waals surface area contributed by atoms with Crippen molar-refractivity contribution in [2.75, 3.05) is 11.4 Å². The molecular weight excluding hydrogens is 288 g/mol. The topological polar surface area (TPSA) is 29.3 Å². The Hall–Kier alpha value is -1.58. The molecule has 0 saturated carbocycles. The Morgan fingerprint density at radius 3 is 2.45 bits per heavy atom. The van der Waals surface area contributed by atoms with E-state index < -0.39 is 0 Å². The number of thiocarbonyl (C=S) groups is 1. The summed E-state index contributed by atoms with van der Waals surface area (Å²) in [4.78, 5) is 2.52. The lowest BCUT2D eigenvalue weighted by Crippen LogP contribution is -2.17. The molecule has 2 N–H and O–H groups in total. The number of nitrogens with zero attached hydrogens (tertiary/aromatic N) is 1. The van der Waals surface area contributed by atoms with E-state index in [0.29, 0.717) is 15.6 Å². The van der Waals surface area contributed by atoms with Crippen molar-refractivity contribution in [1.29, 1.82) is 0 Å². The lowest BCUT2D eigenvalue weighted by molar-refractivity contribution is 1.02. The molecule has 2 rings (SSSR count). The number of halogens is 1. The van der Waals surface area contributed by atoms with Gasteiger partial charge in [0, 0.05) is 23.5 Å². The summed E-state index contributed by atoms with van der Waals surface area (Å²) in [7, 11) is 0. The third kappa shape index (κ3) is 3.11. The van der Waals surface area contributed by atoms with Crippen LogP contribution in [0.5, 0.6) is 0 Å². The molecule has 0 aliphatic heterocycles. The van der Waals surface area contributed by atoms with Crippen LogP contribution in [0.3, 0.4) is 0 Å². The highest BCUT2D eigenvalue weighted by molar-refractivity contribution is 7.80. The Kier molecular flexibility index (Phi) is 4.63. The molecule has 0 unspecified atom stereocenters. The average molecular weight is 305 g/mol. The summed E-state index contributed by atoms with van der Waals surface area (Å²) >= 11 is 11.2. The summed E-state index contributed by atoms with van der Waals surface area (Å²) in [6.07, 6.45) is 0. The van der Waals surface area contributed by atoms with E-state index >= 15 is 0 Å². The number of anilines is 2. The quantitative estimate of drug-likeness (QED) is 0.847. The fourth-order valence-corrected chi connectivity index (χ4v) is 2.69. The van der Waals surface area contributed by atoms with Crippen LogP contribution in [0.1, 0.15) is 18.1 Å². The fraction of sp³-hybridized carbons (Fsp3) is 0.188. The first-order valence-corrected chi connectivity index (χ1v) is 7.25. The molecule has 0 atom stereocenters. The van der Waals surface area contributed by atoms with Gasteiger partial charge in [-0.3, -0.25) is 0 Å². The van der Waals surface area contributed by atoms with Gasteiger partial charge in [-0.1, -0.05) is 36.0 Å². The van der Waals surface area contributed by atoms with Gasteiger partial charge in [-0.2, -0.15) is 0 Å². The first-order chi connectivity index (χ1) is 9.52. The first-order valence-electron chi connectivity index (χ1n) is 6.46. The highest BCUT2D eigenvalue weighted by atomic mass is 35.5. The zero-order valence-corrected chi connectivity index (χ0v) is 13.1. The first kappa shape index (κ1) is 14.8. The lowest BCUT2D eigenvalue weighted by atomic mass is 10.1. The van der Waals surface area contributed by atoms with Gasteiger partial charge in [0.2, 0.25) is 0 Å². The Morgan fingerprint density at radius 1 is 1.20 bits per heavy atom. The van der Waals surface area contributed by atoms with Crippen LogP contribution in [0.25, 0.3) is 0 Å². The summed E-state index contributed by atoms with van der Waals surface area (Å²) in [5.74, 6) is 0. The Labute approximate surface area is 130 Å². The van der Waals surface area contributed by atoms with Crippen LogP contribution in [0.4, 0.5) is 11.4 Å². The molecule has 0 fully saturated rings. The molecule has 4 heteroatoms. The smallest absolute Gasteiger partial charge is 0.105 e. The summed E-state index contributed by atoms with van der Waals surface area (Å²) < 4.78 is 0. The summed E-state index contributed by atoms with van der Waals surface area (Å²) in [5.41, 5.74) is 9.76. The largest absolute Gasteiger partial charge is 0.389 e. The Bertz CT molecular complexity index is 640. The minimum Gasteiger partial charge on any atom is -0.389 e. The molecule has 0 amide bonds. The van der Waals surface area contributed by atoms with E-state index in [-0.39, 0.29) is 0 Å². The van der Waals surface area contributed by atoms with Crippen LogP contribution >= 0.6 is 23.8 Å². The van der Waals surface area contributed by atoms with Crippen molar-refractivity contribution in [2.45, 2.75) is 13.8 Å². The number of nitrogens with two attached hydrogens (primary N) is 1. The molecule has 0 radical (unpaired) electrons. The highest BCUT2D eigenvalue weighted by Gasteiger charge is 2.10. The molecule has 0 heterocycles. The summed E-state index contributed by atoms with van der Waals surface area (Å²) in [5, 5.41) is 0.584. The highest BCUT2D eigenvalue weighted by Crippen LogP contribution is 2.29. The van der Waals surface area contributed by atoms with Crippen LogP contribution in [0.15, 0.2) is 42.5 Å². The number of rotatable bonds is 4. The van der Waals surface area contributed by atoms with Gasteiger partial charge >= 0.3 is 0 Å². The van der Waals surface area contributed by atoms with Gasteiger partial charge in [0.15, 0.2) is 0 Å². The van der Waals surface area contributed by atoms with Crippen molar-refractivity contribution in [3.8, 4) is 0 Å². The Balaban J connectivity index is 2.42. The average Bonchev–Trinajstić information content (AvgIpc) is 2.39. The zero-order valence-electron chi connectivity index (χ0n) is 11.6. The molecule has 0 saturated heterocycles. The normalized spacial score (nSPS) is 10.3. The molecule has 0 aromatic heterocycles. The number of benzene rings is 2. The van der Waals surface area contributed by atoms with Crippen molar-refractivity contribution >= 4 is 40.2 Å². The van der Waals surface area contributed by atoms with Crippen LogP contribution in [-0.4, -0.2) is 11.5 Å². The molecule has 2 aromatic rings. The molecule has 2 nitrogen and oxygen atoms in total. The maximum Gasteiger partial charge on any atom is 0.105 e. The molecule has 0 bridgehead atoms. The van der Waals surface area contributed by atoms with E-state index in [1.54, 1.807) is 0 Å². The molecule has 2 aromatic carbocycles. The van der Waals surface area contributed by atoms with E-state index in [9.17, 15) is 0 Å². The maximum absolute atomic E-state index is 6.25. The number of aryl methyl sites for hydroxylation is 1. The van der Waals surface area contributed by atoms with Gasteiger partial charge in [0.1, 0.15) is 4.99 Å². The second kappa shape index (κ2) is 6.25. The van der Waals surface area contributed by atoms with Gasteiger partial charge < -0.3 is 10.6 Å². The van der Waals surface area contributed by atoms with Crippen LogP contribution in [0, 0.1) is 6.92 Å². The molecule has 0 aliphatic carbocycles. The standard InChI is InChI=1S/C16H17ClN2S/c1-3-19(12-6-4-5-11(2)9-12)13-7-8-14(16(18)20)15(17)10-13/h4-10H,3H2,1-2H3,(H2,18,20). The Morgan fingerprint density at radius 2 is 1.90 bits per heavy atom.